The highest BCUT2D eigenvalue weighted by molar-refractivity contribution is 7.89. The Kier molecular flexibility index (Phi) is 7.95. The Morgan fingerprint density at radius 1 is 1.00 bits per heavy atom. The third-order valence-corrected chi connectivity index (χ3v) is 6.39. The third-order valence-electron chi connectivity index (χ3n) is 4.99. The molecule has 1 heterocycles. The Labute approximate surface area is 179 Å². The van der Waals surface area contributed by atoms with E-state index in [1.54, 1.807) is 6.07 Å². The molecule has 0 fully saturated rings. The van der Waals surface area contributed by atoms with Gasteiger partial charge in [0.2, 0.25) is 10.0 Å². The highest BCUT2D eigenvalue weighted by Crippen LogP contribution is 2.31. The predicted molar refractivity (Wildman–Crippen MR) is 116 cm³/mol. The maximum Gasteiger partial charge on any atom is 0.241 e. The maximum absolute atomic E-state index is 12.7. The van der Waals surface area contributed by atoms with Crippen LogP contribution in [0.1, 0.15) is 25.8 Å². The second-order valence-corrected chi connectivity index (χ2v) is 8.77. The van der Waals surface area contributed by atoms with Gasteiger partial charge < -0.3 is 19.1 Å². The molecule has 7 nitrogen and oxygen atoms in total. The first kappa shape index (κ1) is 22.4. The first-order valence-corrected chi connectivity index (χ1v) is 11.8. The molecule has 3 rings (SSSR count). The molecule has 2 aromatic rings. The molecule has 8 heteroatoms. The van der Waals surface area contributed by atoms with Gasteiger partial charge in [-0.2, -0.15) is 0 Å². The SMILES string of the molecule is CCN(CC)CCOc1ccc(CNS(=O)(=O)c2ccc3c(c2)OCCCO3)cc1. The van der Waals surface area contributed by atoms with Crippen LogP contribution in [0, 0.1) is 0 Å². The molecule has 1 aliphatic heterocycles. The molecule has 2 aromatic carbocycles. The Balaban J connectivity index is 1.55. The highest BCUT2D eigenvalue weighted by Gasteiger charge is 2.18. The number of nitrogens with zero attached hydrogens (tertiary/aromatic N) is 1. The molecular weight excluding hydrogens is 404 g/mol. The maximum atomic E-state index is 12.7. The van der Waals surface area contributed by atoms with Gasteiger partial charge in [-0.05, 0) is 42.9 Å². The van der Waals surface area contributed by atoms with E-state index in [4.69, 9.17) is 14.2 Å². The number of hydrogen-bond donors (Lipinski definition) is 1. The standard InChI is InChI=1S/C22H30N2O5S/c1-3-24(4-2)12-15-27-19-8-6-18(7-9-19)17-23-30(25,26)20-10-11-21-22(16-20)29-14-5-13-28-21/h6-11,16,23H,3-5,12-15,17H2,1-2H3. The zero-order chi connectivity index (χ0) is 21.4. The Morgan fingerprint density at radius 2 is 1.70 bits per heavy atom. The summed E-state index contributed by atoms with van der Waals surface area (Å²) in [5, 5.41) is 0. The van der Waals surface area contributed by atoms with Gasteiger partial charge in [0.25, 0.3) is 0 Å². The number of ether oxygens (including phenoxy) is 3. The van der Waals surface area contributed by atoms with Crippen LogP contribution >= 0.6 is 0 Å². The molecule has 164 valence electrons. The summed E-state index contributed by atoms with van der Waals surface area (Å²) in [5.74, 6) is 1.81. The minimum Gasteiger partial charge on any atom is -0.492 e. The van der Waals surface area contributed by atoms with E-state index in [0.29, 0.717) is 31.3 Å². The lowest BCUT2D eigenvalue weighted by Crippen LogP contribution is -2.27. The molecule has 0 spiro atoms. The van der Waals surface area contributed by atoms with Gasteiger partial charge >= 0.3 is 0 Å². The Bertz CT molecular complexity index is 912. The smallest absolute Gasteiger partial charge is 0.241 e. The van der Waals surface area contributed by atoms with Crippen molar-refractivity contribution in [3.63, 3.8) is 0 Å². The lowest BCUT2D eigenvalue weighted by Gasteiger charge is -2.18. The molecule has 1 N–H and O–H groups in total. The summed E-state index contributed by atoms with van der Waals surface area (Å²) in [6.45, 7) is 9.03. The number of rotatable bonds is 10. The van der Waals surface area contributed by atoms with E-state index in [2.05, 4.69) is 23.5 Å². The fraction of sp³-hybridized carbons (Fsp3) is 0.455. The normalized spacial score (nSPS) is 13.8. The van der Waals surface area contributed by atoms with Crippen molar-refractivity contribution in [3.05, 3.63) is 48.0 Å². The number of sulfonamides is 1. The number of fused-ring (bicyclic) bond motifs is 1. The van der Waals surface area contributed by atoms with Crippen molar-refractivity contribution >= 4 is 10.0 Å². The molecule has 0 radical (unpaired) electrons. The summed E-state index contributed by atoms with van der Waals surface area (Å²) in [6, 6.07) is 12.1. The fourth-order valence-electron chi connectivity index (χ4n) is 3.11. The molecule has 0 bridgehead atoms. The summed E-state index contributed by atoms with van der Waals surface area (Å²) >= 11 is 0. The van der Waals surface area contributed by atoms with E-state index in [1.165, 1.54) is 12.1 Å². The number of nitrogens with one attached hydrogen (secondary N) is 1. The molecule has 0 aromatic heterocycles. The Hall–Kier alpha value is -2.29. The second-order valence-electron chi connectivity index (χ2n) is 7.00. The lowest BCUT2D eigenvalue weighted by molar-refractivity contribution is 0.223. The summed E-state index contributed by atoms with van der Waals surface area (Å²) in [5.41, 5.74) is 0.851. The van der Waals surface area contributed by atoms with Gasteiger partial charge in [0.15, 0.2) is 11.5 Å². The zero-order valence-corrected chi connectivity index (χ0v) is 18.4. The average molecular weight is 435 g/mol. The van der Waals surface area contributed by atoms with Crippen molar-refractivity contribution in [2.75, 3.05) is 39.5 Å². The minimum atomic E-state index is -3.67. The zero-order valence-electron chi connectivity index (χ0n) is 17.6. The molecule has 30 heavy (non-hydrogen) atoms. The van der Waals surface area contributed by atoms with E-state index in [1.807, 2.05) is 24.3 Å². The van der Waals surface area contributed by atoms with E-state index in [-0.39, 0.29) is 11.4 Å². The third kappa shape index (κ3) is 6.10. The first-order chi connectivity index (χ1) is 14.5. The van der Waals surface area contributed by atoms with Crippen molar-refractivity contribution < 1.29 is 22.6 Å². The number of hydrogen-bond acceptors (Lipinski definition) is 6. The summed E-state index contributed by atoms with van der Waals surface area (Å²) in [4.78, 5) is 2.45. The van der Waals surface area contributed by atoms with Crippen LogP contribution in [0.2, 0.25) is 0 Å². The van der Waals surface area contributed by atoms with E-state index >= 15 is 0 Å². The van der Waals surface area contributed by atoms with Crippen LogP contribution in [-0.2, 0) is 16.6 Å². The summed E-state index contributed by atoms with van der Waals surface area (Å²) in [7, 11) is -3.67. The largest absolute Gasteiger partial charge is 0.492 e. The van der Waals surface area contributed by atoms with Crippen molar-refractivity contribution in [1.82, 2.24) is 9.62 Å². The predicted octanol–water partition coefficient (Wildman–Crippen LogP) is 3.05. The van der Waals surface area contributed by atoms with Crippen LogP contribution < -0.4 is 18.9 Å². The molecule has 0 atom stereocenters. The van der Waals surface area contributed by atoms with Gasteiger partial charge in [-0.3, -0.25) is 0 Å². The van der Waals surface area contributed by atoms with Gasteiger partial charge in [-0.1, -0.05) is 26.0 Å². The van der Waals surface area contributed by atoms with Crippen molar-refractivity contribution in [1.29, 1.82) is 0 Å². The molecule has 1 aliphatic rings. The molecular formula is C22H30N2O5S. The molecule has 0 saturated heterocycles. The van der Waals surface area contributed by atoms with Gasteiger partial charge in [0.1, 0.15) is 12.4 Å². The topological polar surface area (TPSA) is 77.1 Å². The quantitative estimate of drug-likeness (QED) is 0.619. The van der Waals surface area contributed by atoms with Gasteiger partial charge in [0.05, 0.1) is 18.1 Å². The van der Waals surface area contributed by atoms with E-state index in [9.17, 15) is 8.42 Å². The minimum absolute atomic E-state index is 0.156. The van der Waals surface area contributed by atoms with Crippen molar-refractivity contribution in [2.24, 2.45) is 0 Å². The monoisotopic (exact) mass is 434 g/mol. The van der Waals surface area contributed by atoms with Gasteiger partial charge in [-0.15, -0.1) is 0 Å². The van der Waals surface area contributed by atoms with Gasteiger partial charge in [0, 0.05) is 25.6 Å². The number of benzene rings is 2. The average Bonchev–Trinajstić information content (AvgIpc) is 3.01. The van der Waals surface area contributed by atoms with E-state index < -0.39 is 10.0 Å². The highest BCUT2D eigenvalue weighted by atomic mass is 32.2. The van der Waals surface area contributed by atoms with Crippen LogP contribution in [0.15, 0.2) is 47.4 Å². The van der Waals surface area contributed by atoms with Crippen LogP contribution in [-0.4, -0.2) is 52.8 Å². The Morgan fingerprint density at radius 3 is 2.40 bits per heavy atom. The first-order valence-electron chi connectivity index (χ1n) is 10.3. The van der Waals surface area contributed by atoms with Gasteiger partial charge in [-0.25, -0.2) is 13.1 Å². The molecule has 0 amide bonds. The lowest BCUT2D eigenvalue weighted by atomic mass is 10.2. The number of likely N-dealkylation sites (N-methyl/N-ethyl adjacent to an activating group) is 1. The second kappa shape index (κ2) is 10.7. The van der Waals surface area contributed by atoms with Crippen molar-refractivity contribution in [2.45, 2.75) is 31.7 Å². The van der Waals surface area contributed by atoms with Crippen LogP contribution in [0.5, 0.6) is 17.2 Å². The summed E-state index contributed by atoms with van der Waals surface area (Å²) < 4.78 is 44.9. The molecule has 0 unspecified atom stereocenters. The van der Waals surface area contributed by atoms with Crippen LogP contribution in [0.4, 0.5) is 0 Å². The van der Waals surface area contributed by atoms with E-state index in [0.717, 1.165) is 37.4 Å². The molecule has 0 aliphatic carbocycles. The van der Waals surface area contributed by atoms with Crippen LogP contribution in [0.3, 0.4) is 0 Å². The van der Waals surface area contributed by atoms with Crippen LogP contribution in [0.25, 0.3) is 0 Å². The fourth-order valence-corrected chi connectivity index (χ4v) is 4.14. The van der Waals surface area contributed by atoms with Crippen molar-refractivity contribution in [3.8, 4) is 17.2 Å². The molecule has 0 saturated carbocycles. The summed E-state index contributed by atoms with van der Waals surface area (Å²) in [6.07, 6.45) is 0.768.